The molecule has 1 aromatic heterocycles. The second-order valence-corrected chi connectivity index (χ2v) is 4.50. The Morgan fingerprint density at radius 3 is 2.85 bits per heavy atom. The van der Waals surface area contributed by atoms with Gasteiger partial charge >= 0.3 is 0 Å². The van der Waals surface area contributed by atoms with Crippen molar-refractivity contribution in [2.24, 2.45) is 5.11 Å². The lowest BCUT2D eigenvalue weighted by atomic mass is 10.1. The number of hydrogen-bond donors (Lipinski definition) is 0. The van der Waals surface area contributed by atoms with Gasteiger partial charge in [0.05, 0.1) is 5.52 Å². The van der Waals surface area contributed by atoms with E-state index in [1.165, 1.54) is 12.1 Å². The minimum atomic E-state index is -0.255. The highest BCUT2D eigenvalue weighted by atomic mass is 19.1. The Balaban J connectivity index is 2.26. The Bertz CT molecular complexity index is 844. The first-order chi connectivity index (χ1) is 9.70. The molecule has 0 N–H and O–H groups in total. The van der Waals surface area contributed by atoms with Crippen molar-refractivity contribution in [3.8, 4) is 5.69 Å². The molecule has 0 saturated carbocycles. The van der Waals surface area contributed by atoms with Gasteiger partial charge in [0.25, 0.3) is 0 Å². The van der Waals surface area contributed by atoms with E-state index in [9.17, 15) is 4.39 Å². The summed E-state index contributed by atoms with van der Waals surface area (Å²) in [4.78, 5) is 2.83. The fourth-order valence-electron chi connectivity index (χ4n) is 2.35. The summed E-state index contributed by atoms with van der Waals surface area (Å²) in [6.45, 7) is 1.90. The molecule has 0 radical (unpaired) electrons. The molecule has 4 nitrogen and oxygen atoms in total. The summed E-state index contributed by atoms with van der Waals surface area (Å²) in [5.41, 5.74) is 11.9. The number of hydrogen-bond acceptors (Lipinski definition) is 1. The fraction of sp³-hybridized carbons (Fsp3) is 0.0667. The first-order valence-electron chi connectivity index (χ1n) is 6.12. The van der Waals surface area contributed by atoms with Crippen LogP contribution in [-0.4, -0.2) is 4.57 Å². The van der Waals surface area contributed by atoms with Crippen LogP contribution in [0.5, 0.6) is 0 Å². The van der Waals surface area contributed by atoms with Gasteiger partial charge in [0.15, 0.2) is 0 Å². The van der Waals surface area contributed by atoms with Gasteiger partial charge in [-0.15, -0.1) is 0 Å². The first-order valence-corrected chi connectivity index (χ1v) is 6.12. The monoisotopic (exact) mass is 266 g/mol. The molecule has 0 bridgehead atoms. The largest absolute Gasteiger partial charge is 0.316 e. The number of fused-ring (bicyclic) bond motifs is 1. The summed E-state index contributed by atoms with van der Waals surface area (Å²) in [6.07, 6.45) is 1.88. The van der Waals surface area contributed by atoms with Gasteiger partial charge in [-0.1, -0.05) is 17.2 Å². The van der Waals surface area contributed by atoms with E-state index in [1.807, 2.05) is 35.9 Å². The second kappa shape index (κ2) is 4.72. The van der Waals surface area contributed by atoms with Crippen molar-refractivity contribution in [2.75, 3.05) is 0 Å². The van der Waals surface area contributed by atoms with Crippen LogP contribution in [-0.2, 0) is 0 Å². The fourth-order valence-corrected chi connectivity index (χ4v) is 2.35. The van der Waals surface area contributed by atoms with Gasteiger partial charge in [-0.25, -0.2) is 4.39 Å². The Labute approximate surface area is 114 Å². The highest BCUT2D eigenvalue weighted by Gasteiger charge is 2.08. The van der Waals surface area contributed by atoms with Crippen LogP contribution >= 0.6 is 0 Å². The average molecular weight is 266 g/mol. The molecular weight excluding hydrogens is 255 g/mol. The van der Waals surface area contributed by atoms with Gasteiger partial charge in [-0.2, -0.15) is 0 Å². The topological polar surface area (TPSA) is 53.7 Å². The van der Waals surface area contributed by atoms with E-state index in [0.717, 1.165) is 22.2 Å². The predicted octanol–water partition coefficient (Wildman–Crippen LogP) is 5.02. The number of nitrogens with zero attached hydrogens (tertiary/aromatic N) is 4. The lowest BCUT2D eigenvalue weighted by Gasteiger charge is -2.11. The van der Waals surface area contributed by atoms with Gasteiger partial charge < -0.3 is 4.57 Å². The number of aromatic nitrogens is 1. The van der Waals surface area contributed by atoms with Gasteiger partial charge in [0.1, 0.15) is 5.82 Å². The third kappa shape index (κ3) is 1.90. The van der Waals surface area contributed by atoms with Gasteiger partial charge in [0, 0.05) is 27.9 Å². The summed E-state index contributed by atoms with van der Waals surface area (Å²) >= 11 is 0. The van der Waals surface area contributed by atoms with Crippen molar-refractivity contribution >= 4 is 16.6 Å². The maximum absolute atomic E-state index is 13.2. The van der Waals surface area contributed by atoms with Crippen molar-refractivity contribution in [1.29, 1.82) is 0 Å². The van der Waals surface area contributed by atoms with Crippen LogP contribution in [0.25, 0.3) is 27.0 Å². The van der Waals surface area contributed by atoms with Crippen molar-refractivity contribution in [1.82, 2.24) is 4.57 Å². The number of halogens is 1. The first kappa shape index (κ1) is 12.3. The summed E-state index contributed by atoms with van der Waals surface area (Å²) in [7, 11) is 0. The van der Waals surface area contributed by atoms with Crippen LogP contribution in [0.1, 0.15) is 5.56 Å². The quantitative estimate of drug-likeness (QED) is 0.355. The third-order valence-corrected chi connectivity index (χ3v) is 3.34. The van der Waals surface area contributed by atoms with Crippen molar-refractivity contribution in [2.45, 2.75) is 6.92 Å². The lowest BCUT2D eigenvalue weighted by Crippen LogP contribution is -1.95. The van der Waals surface area contributed by atoms with Crippen LogP contribution in [0.2, 0.25) is 0 Å². The summed E-state index contributed by atoms with van der Waals surface area (Å²) in [5, 5.41) is 4.51. The normalized spacial score (nSPS) is 10.5. The van der Waals surface area contributed by atoms with E-state index in [-0.39, 0.29) is 5.82 Å². The predicted molar refractivity (Wildman–Crippen MR) is 76.8 cm³/mol. The molecule has 0 aliphatic carbocycles. The smallest absolute Gasteiger partial charge is 0.123 e. The zero-order valence-corrected chi connectivity index (χ0v) is 10.8. The maximum atomic E-state index is 13.2. The lowest BCUT2D eigenvalue weighted by molar-refractivity contribution is 0.629. The molecule has 0 saturated heterocycles. The Kier molecular flexibility index (Phi) is 2.89. The molecule has 20 heavy (non-hydrogen) atoms. The van der Waals surface area contributed by atoms with Crippen molar-refractivity contribution < 1.29 is 4.39 Å². The molecule has 98 valence electrons. The molecule has 2 aromatic carbocycles. The van der Waals surface area contributed by atoms with Crippen molar-refractivity contribution in [3.05, 3.63) is 70.5 Å². The summed E-state index contributed by atoms with van der Waals surface area (Å²) in [6, 6.07) is 12.1. The third-order valence-electron chi connectivity index (χ3n) is 3.34. The SMILES string of the molecule is Cc1c(N=[N+]=[N-])cccc1-n1ccc2cc(F)ccc21. The Morgan fingerprint density at radius 1 is 1.20 bits per heavy atom. The van der Waals surface area contributed by atoms with Crippen molar-refractivity contribution in [3.63, 3.8) is 0 Å². The van der Waals surface area contributed by atoms with E-state index in [0.29, 0.717) is 5.69 Å². The molecule has 3 rings (SSSR count). The molecule has 5 heteroatoms. The van der Waals surface area contributed by atoms with Crippen LogP contribution < -0.4 is 0 Å². The Morgan fingerprint density at radius 2 is 2.05 bits per heavy atom. The molecule has 0 aliphatic heterocycles. The van der Waals surface area contributed by atoms with Crippen LogP contribution in [0.4, 0.5) is 10.1 Å². The van der Waals surface area contributed by atoms with Crippen LogP contribution in [0, 0.1) is 12.7 Å². The Hall–Kier alpha value is -2.78. The van der Waals surface area contributed by atoms with Gasteiger partial charge in [-0.3, -0.25) is 0 Å². The molecule has 0 spiro atoms. The average Bonchev–Trinajstić information content (AvgIpc) is 2.84. The molecule has 0 atom stereocenters. The minimum Gasteiger partial charge on any atom is -0.316 e. The van der Waals surface area contributed by atoms with E-state index in [1.54, 1.807) is 12.1 Å². The van der Waals surface area contributed by atoms with Crippen LogP contribution in [0.15, 0.2) is 53.8 Å². The zero-order chi connectivity index (χ0) is 14.1. The van der Waals surface area contributed by atoms with E-state index >= 15 is 0 Å². The molecule has 1 heterocycles. The molecule has 0 fully saturated rings. The summed E-state index contributed by atoms with van der Waals surface area (Å²) < 4.78 is 15.2. The standard InChI is InChI=1S/C15H11FN4/c1-10-13(18-19-17)3-2-4-14(10)20-8-7-11-9-12(16)5-6-15(11)20/h2-9H,1H3. The van der Waals surface area contributed by atoms with E-state index < -0.39 is 0 Å². The van der Waals surface area contributed by atoms with Gasteiger partial charge in [-0.05, 0) is 48.4 Å². The number of benzene rings is 2. The highest BCUT2D eigenvalue weighted by Crippen LogP contribution is 2.28. The van der Waals surface area contributed by atoms with E-state index in [4.69, 9.17) is 5.53 Å². The second-order valence-electron chi connectivity index (χ2n) is 4.50. The molecule has 0 aliphatic rings. The zero-order valence-electron chi connectivity index (χ0n) is 10.8. The number of rotatable bonds is 2. The maximum Gasteiger partial charge on any atom is 0.123 e. The minimum absolute atomic E-state index is 0.255. The molecular formula is C15H11FN4. The number of azide groups is 1. The van der Waals surface area contributed by atoms with E-state index in [2.05, 4.69) is 10.0 Å². The van der Waals surface area contributed by atoms with Gasteiger partial charge in [0.2, 0.25) is 0 Å². The molecule has 0 unspecified atom stereocenters. The van der Waals surface area contributed by atoms with Crippen LogP contribution in [0.3, 0.4) is 0 Å². The molecule has 3 aromatic rings. The summed E-state index contributed by atoms with van der Waals surface area (Å²) in [5.74, 6) is -0.255. The molecule has 0 amide bonds. The highest BCUT2D eigenvalue weighted by molar-refractivity contribution is 5.82.